The molecule has 0 fully saturated rings. The normalized spacial score (nSPS) is 14.4. The molecule has 0 bridgehead atoms. The van der Waals surface area contributed by atoms with Gasteiger partial charge in [-0.05, 0) is 73.5 Å². The Morgan fingerprint density at radius 2 is 1.77 bits per heavy atom. The highest BCUT2D eigenvalue weighted by Gasteiger charge is 2.36. The molecular formula is C31H28FN5O2. The minimum atomic E-state index is -0.433. The van der Waals surface area contributed by atoms with Crippen molar-refractivity contribution in [1.29, 1.82) is 0 Å². The molecule has 1 aliphatic rings. The van der Waals surface area contributed by atoms with Crippen molar-refractivity contribution in [1.82, 2.24) is 19.2 Å². The average Bonchev–Trinajstić information content (AvgIpc) is 3.51. The Morgan fingerprint density at radius 1 is 1.00 bits per heavy atom. The fourth-order valence-corrected chi connectivity index (χ4v) is 5.15. The van der Waals surface area contributed by atoms with E-state index in [1.165, 1.54) is 6.07 Å². The summed E-state index contributed by atoms with van der Waals surface area (Å²) in [4.78, 5) is 15.8. The number of rotatable bonds is 4. The molecule has 5 aromatic rings. The lowest BCUT2D eigenvalue weighted by Crippen LogP contribution is -2.38. The van der Waals surface area contributed by atoms with Gasteiger partial charge in [0.25, 0.3) is 0 Å². The first-order valence-corrected chi connectivity index (χ1v) is 12.7. The smallest absolute Gasteiger partial charge is 0.322 e. The van der Waals surface area contributed by atoms with E-state index in [9.17, 15) is 9.18 Å². The number of methoxy groups -OCH3 is 1. The predicted octanol–water partition coefficient (Wildman–Crippen LogP) is 6.56. The van der Waals surface area contributed by atoms with Crippen molar-refractivity contribution < 1.29 is 13.9 Å². The molecule has 8 heteroatoms. The van der Waals surface area contributed by atoms with Crippen LogP contribution in [0.4, 0.5) is 14.9 Å². The molecule has 2 aromatic heterocycles. The molecule has 0 spiro atoms. The average molecular weight is 522 g/mol. The van der Waals surface area contributed by atoms with Gasteiger partial charge in [-0.2, -0.15) is 5.10 Å². The Bertz CT molecular complexity index is 1660. The number of carbonyl (C=O) groups is 1. The van der Waals surface area contributed by atoms with E-state index in [0.717, 1.165) is 39.8 Å². The molecule has 0 radical (unpaired) electrons. The van der Waals surface area contributed by atoms with Crippen LogP contribution in [-0.4, -0.2) is 32.4 Å². The van der Waals surface area contributed by atoms with Gasteiger partial charge in [-0.25, -0.2) is 13.9 Å². The number of halogens is 1. The summed E-state index contributed by atoms with van der Waals surface area (Å²) in [5, 5.41) is 7.80. The van der Waals surface area contributed by atoms with E-state index in [0.29, 0.717) is 17.8 Å². The first-order valence-electron chi connectivity index (χ1n) is 12.7. The number of ether oxygens (including phenoxy) is 1. The van der Waals surface area contributed by atoms with E-state index in [1.807, 2.05) is 84.5 Å². The molecule has 3 aromatic carbocycles. The number of para-hydroxylation sites is 1. The van der Waals surface area contributed by atoms with Gasteiger partial charge in [0, 0.05) is 17.4 Å². The van der Waals surface area contributed by atoms with Gasteiger partial charge in [-0.3, -0.25) is 0 Å². The lowest BCUT2D eigenvalue weighted by Gasteiger charge is -2.31. The molecule has 0 saturated heterocycles. The zero-order chi connectivity index (χ0) is 27.1. The minimum Gasteiger partial charge on any atom is -0.497 e. The van der Waals surface area contributed by atoms with Crippen LogP contribution in [0.5, 0.6) is 5.75 Å². The summed E-state index contributed by atoms with van der Waals surface area (Å²) in [6.45, 7) is 3.95. The van der Waals surface area contributed by atoms with Crippen molar-refractivity contribution in [2.45, 2.75) is 26.4 Å². The summed E-state index contributed by atoms with van der Waals surface area (Å²) in [7, 11) is 1.63. The van der Waals surface area contributed by atoms with Crippen LogP contribution in [0.3, 0.4) is 0 Å². The topological polar surface area (TPSA) is 64.3 Å². The molecule has 7 nitrogen and oxygen atoms in total. The van der Waals surface area contributed by atoms with Crippen molar-refractivity contribution in [3.05, 3.63) is 125 Å². The zero-order valence-corrected chi connectivity index (χ0v) is 21.9. The number of nitrogens with zero attached hydrogens (tertiary/aromatic N) is 4. The van der Waals surface area contributed by atoms with Crippen molar-refractivity contribution in [2.24, 2.45) is 0 Å². The van der Waals surface area contributed by atoms with Crippen LogP contribution < -0.4 is 10.1 Å². The Balaban J connectivity index is 1.52. The molecule has 39 heavy (non-hydrogen) atoms. The van der Waals surface area contributed by atoms with E-state index in [4.69, 9.17) is 9.84 Å². The number of nitrogens with one attached hydrogen (secondary N) is 1. The largest absolute Gasteiger partial charge is 0.497 e. The molecule has 196 valence electrons. The lowest BCUT2D eigenvalue weighted by molar-refractivity contribution is 0.194. The van der Waals surface area contributed by atoms with Crippen LogP contribution in [0, 0.1) is 19.7 Å². The number of benzene rings is 3. The highest BCUT2D eigenvalue weighted by atomic mass is 19.1. The quantitative estimate of drug-likeness (QED) is 0.291. The third-order valence-corrected chi connectivity index (χ3v) is 7.20. The van der Waals surface area contributed by atoms with Gasteiger partial charge in [-0.15, -0.1) is 0 Å². The van der Waals surface area contributed by atoms with Crippen LogP contribution in [0.2, 0.25) is 0 Å². The number of aromatic nitrogens is 3. The highest BCUT2D eigenvalue weighted by molar-refractivity contribution is 5.90. The standard InChI is InChI=1S/C31H28FN5O2/c1-20-11-14-23(18-27(20)32)33-31(38)36-19-26-21(2)34-37(24-8-5-4-6-9-24)30(26)35-17-7-10-28(35)29(36)22-12-15-25(39-3)16-13-22/h4-18,29H,19H2,1-3H3,(H,33,38)/t29-/m0/s1. The summed E-state index contributed by atoms with van der Waals surface area (Å²) in [6.07, 6.45) is 2.00. The van der Waals surface area contributed by atoms with Crippen molar-refractivity contribution in [3.8, 4) is 17.3 Å². The lowest BCUT2D eigenvalue weighted by atomic mass is 10.0. The molecule has 1 aliphatic heterocycles. The first kappa shape index (κ1) is 24.5. The molecular weight excluding hydrogens is 493 g/mol. The number of carbonyl (C=O) groups excluding carboxylic acids is 1. The summed E-state index contributed by atoms with van der Waals surface area (Å²) in [6, 6.07) is 25.6. The second-order valence-corrected chi connectivity index (χ2v) is 9.64. The Morgan fingerprint density at radius 3 is 2.49 bits per heavy atom. The van der Waals surface area contributed by atoms with Crippen LogP contribution >= 0.6 is 0 Å². The van der Waals surface area contributed by atoms with Gasteiger partial charge < -0.3 is 19.5 Å². The molecule has 2 amide bonds. The number of hydrogen-bond donors (Lipinski definition) is 1. The van der Waals surface area contributed by atoms with E-state index in [2.05, 4.69) is 9.88 Å². The maximum absolute atomic E-state index is 14.3. The molecule has 6 rings (SSSR count). The molecule has 0 aliphatic carbocycles. The summed E-state index contributed by atoms with van der Waals surface area (Å²) < 4.78 is 23.7. The van der Waals surface area contributed by atoms with Crippen molar-refractivity contribution in [3.63, 3.8) is 0 Å². The van der Waals surface area contributed by atoms with Crippen LogP contribution in [-0.2, 0) is 6.54 Å². The van der Waals surface area contributed by atoms with Crippen LogP contribution in [0.15, 0.2) is 91.1 Å². The maximum Gasteiger partial charge on any atom is 0.322 e. The second-order valence-electron chi connectivity index (χ2n) is 9.64. The fourth-order valence-electron chi connectivity index (χ4n) is 5.15. The second kappa shape index (κ2) is 9.79. The maximum atomic E-state index is 14.3. The Hall–Kier alpha value is -4.85. The van der Waals surface area contributed by atoms with Gasteiger partial charge in [0.1, 0.15) is 17.4 Å². The number of aryl methyl sites for hydroxylation is 2. The highest BCUT2D eigenvalue weighted by Crippen LogP contribution is 2.39. The number of urea groups is 1. The third-order valence-electron chi connectivity index (χ3n) is 7.20. The molecule has 0 saturated carbocycles. The predicted molar refractivity (Wildman–Crippen MR) is 148 cm³/mol. The number of hydrogen-bond acceptors (Lipinski definition) is 3. The fraction of sp³-hybridized carbons (Fsp3) is 0.161. The van der Waals surface area contributed by atoms with Gasteiger partial charge in [0.15, 0.2) is 0 Å². The summed E-state index contributed by atoms with van der Waals surface area (Å²) in [5.74, 6) is 1.24. The Kier molecular flexibility index (Phi) is 6.15. The van der Waals surface area contributed by atoms with Crippen molar-refractivity contribution >= 4 is 11.7 Å². The molecule has 1 N–H and O–H groups in total. The Labute approximate surface area is 226 Å². The van der Waals surface area contributed by atoms with E-state index >= 15 is 0 Å². The van der Waals surface area contributed by atoms with Crippen molar-refractivity contribution in [2.75, 3.05) is 12.4 Å². The molecule has 0 unspecified atom stereocenters. The van der Waals surface area contributed by atoms with E-state index < -0.39 is 6.04 Å². The van der Waals surface area contributed by atoms with Gasteiger partial charge in [-0.1, -0.05) is 36.4 Å². The minimum absolute atomic E-state index is 0.298. The van der Waals surface area contributed by atoms with E-state index in [-0.39, 0.29) is 11.8 Å². The van der Waals surface area contributed by atoms with Crippen LogP contribution in [0.1, 0.15) is 34.1 Å². The molecule has 1 atom stereocenters. The summed E-state index contributed by atoms with van der Waals surface area (Å²) >= 11 is 0. The van der Waals surface area contributed by atoms with Gasteiger partial charge in [0.05, 0.1) is 36.8 Å². The summed E-state index contributed by atoms with van der Waals surface area (Å²) in [5.41, 5.74) is 5.42. The monoisotopic (exact) mass is 521 g/mol. The SMILES string of the molecule is COc1ccc([C@H]2c3cccn3-c3c(c(C)nn3-c3ccccc3)CN2C(=O)Nc2ccc(C)c(F)c2)cc1. The number of anilines is 1. The first-order chi connectivity index (χ1) is 18.9. The number of amides is 2. The van der Waals surface area contributed by atoms with Crippen LogP contribution in [0.25, 0.3) is 11.5 Å². The van der Waals surface area contributed by atoms with Gasteiger partial charge in [0.2, 0.25) is 0 Å². The van der Waals surface area contributed by atoms with E-state index in [1.54, 1.807) is 31.1 Å². The molecule has 3 heterocycles. The third kappa shape index (κ3) is 4.33. The zero-order valence-electron chi connectivity index (χ0n) is 21.9. The number of fused-ring (bicyclic) bond motifs is 3. The van der Waals surface area contributed by atoms with Gasteiger partial charge >= 0.3 is 6.03 Å².